The number of aromatic nitrogens is 2. The molecule has 0 radical (unpaired) electrons. The zero-order valence-electron chi connectivity index (χ0n) is 20.0. The number of nitrogens with one attached hydrogen (secondary N) is 2. The topological polar surface area (TPSA) is 149 Å². The number of hydroxylamine groups is 1. The average molecular weight is 526 g/mol. The highest BCUT2D eigenvalue weighted by atomic mass is 32.2. The number of halogens is 1. The Labute approximate surface area is 213 Å². The van der Waals surface area contributed by atoms with Gasteiger partial charge in [-0.15, -0.1) is 0 Å². The molecule has 0 spiro atoms. The van der Waals surface area contributed by atoms with Crippen molar-refractivity contribution in [2.45, 2.75) is 13.5 Å². The highest BCUT2D eigenvalue weighted by molar-refractivity contribution is 7.92. The highest BCUT2D eigenvalue weighted by Gasteiger charge is 2.17. The summed E-state index contributed by atoms with van der Waals surface area (Å²) >= 11 is 0. The van der Waals surface area contributed by atoms with E-state index in [-0.39, 0.29) is 23.5 Å². The van der Waals surface area contributed by atoms with E-state index in [1.54, 1.807) is 36.2 Å². The molecule has 0 unspecified atom stereocenters. The van der Waals surface area contributed by atoms with Gasteiger partial charge in [0.25, 0.3) is 5.91 Å². The van der Waals surface area contributed by atoms with Crippen LogP contribution in [0, 0.1) is 5.82 Å². The summed E-state index contributed by atoms with van der Waals surface area (Å²) in [7, 11) is -3.46. The van der Waals surface area contributed by atoms with Crippen LogP contribution in [0.25, 0.3) is 11.1 Å². The second kappa shape index (κ2) is 12.0. The minimum absolute atomic E-state index is 0.0173. The quantitative estimate of drug-likeness (QED) is 0.168. The lowest BCUT2D eigenvalue weighted by Crippen LogP contribution is -2.29. The van der Waals surface area contributed by atoms with Crippen LogP contribution >= 0.6 is 0 Å². The molecule has 13 heteroatoms. The van der Waals surface area contributed by atoms with Gasteiger partial charge in [0.15, 0.2) is 0 Å². The fourth-order valence-electron chi connectivity index (χ4n) is 3.23. The Morgan fingerprint density at radius 1 is 1.16 bits per heavy atom. The SMILES string of the molecule is C=N/C=C\N=C(/C)N(Cc1ccc(C(=O)NO)cc1F)c1cc(-c2ccc(NS(C)(=O)=O)nc2)ccn1. The van der Waals surface area contributed by atoms with E-state index >= 15 is 0 Å². The molecule has 0 saturated heterocycles. The maximum Gasteiger partial charge on any atom is 0.274 e. The van der Waals surface area contributed by atoms with Crippen molar-refractivity contribution in [2.24, 2.45) is 9.98 Å². The normalized spacial score (nSPS) is 11.8. The summed E-state index contributed by atoms with van der Waals surface area (Å²) in [4.78, 5) is 29.8. The smallest absolute Gasteiger partial charge is 0.274 e. The van der Waals surface area contributed by atoms with Crippen molar-refractivity contribution in [3.05, 3.63) is 84.2 Å². The van der Waals surface area contributed by atoms with Gasteiger partial charge in [0.2, 0.25) is 10.0 Å². The van der Waals surface area contributed by atoms with Crippen molar-refractivity contribution < 1.29 is 22.8 Å². The molecule has 0 saturated carbocycles. The van der Waals surface area contributed by atoms with Gasteiger partial charge in [0, 0.05) is 41.5 Å². The number of pyridine rings is 2. The average Bonchev–Trinajstić information content (AvgIpc) is 2.87. The first-order valence-electron chi connectivity index (χ1n) is 10.7. The maximum absolute atomic E-state index is 14.8. The molecule has 0 fully saturated rings. The summed E-state index contributed by atoms with van der Waals surface area (Å²) in [6, 6.07) is 10.6. The summed E-state index contributed by atoms with van der Waals surface area (Å²) in [6.07, 6.45) is 6.95. The number of aliphatic imine (C=N–C) groups is 2. The lowest BCUT2D eigenvalue weighted by atomic mass is 10.1. The van der Waals surface area contributed by atoms with E-state index in [0.29, 0.717) is 17.2 Å². The van der Waals surface area contributed by atoms with Gasteiger partial charge in [-0.05, 0) is 55.6 Å². The summed E-state index contributed by atoms with van der Waals surface area (Å²) in [5.74, 6) is -0.401. The molecule has 0 aliphatic rings. The molecule has 192 valence electrons. The van der Waals surface area contributed by atoms with Gasteiger partial charge in [-0.2, -0.15) is 0 Å². The Kier molecular flexibility index (Phi) is 8.77. The first-order valence-corrected chi connectivity index (χ1v) is 12.6. The second-order valence-corrected chi connectivity index (χ2v) is 9.45. The standard InChI is InChI=1S/C24H24FN7O4S/c1-16(27-11-10-26-2)32(15-20-5-4-18(12-21(20)25)24(33)30-34)23-13-17(8-9-28-23)19-6-7-22(29-14-19)31-37(3,35)36/h4-14,34H,2,15H2,1,3H3,(H,29,31)(H,30,33)/b11-10-,27-16+. The molecular formula is C24H24FN7O4S. The van der Waals surface area contributed by atoms with Gasteiger partial charge < -0.3 is 4.90 Å². The molecular weight excluding hydrogens is 501 g/mol. The molecule has 1 aromatic carbocycles. The van der Waals surface area contributed by atoms with Gasteiger partial charge >= 0.3 is 0 Å². The van der Waals surface area contributed by atoms with Crippen molar-refractivity contribution >= 4 is 40.1 Å². The summed E-state index contributed by atoms with van der Waals surface area (Å²) in [6.45, 7) is 5.09. The molecule has 3 rings (SSSR count). The molecule has 0 aliphatic heterocycles. The number of hydrogen-bond donors (Lipinski definition) is 3. The van der Waals surface area contributed by atoms with Crippen LogP contribution in [0.1, 0.15) is 22.8 Å². The largest absolute Gasteiger partial charge is 0.310 e. The Morgan fingerprint density at radius 2 is 1.95 bits per heavy atom. The van der Waals surface area contributed by atoms with E-state index in [9.17, 15) is 17.6 Å². The van der Waals surface area contributed by atoms with Crippen molar-refractivity contribution in [2.75, 3.05) is 15.9 Å². The van der Waals surface area contributed by atoms with Crippen LogP contribution in [0.3, 0.4) is 0 Å². The van der Waals surface area contributed by atoms with Crippen LogP contribution in [0.2, 0.25) is 0 Å². The van der Waals surface area contributed by atoms with E-state index < -0.39 is 21.7 Å². The molecule has 3 N–H and O–H groups in total. The van der Waals surface area contributed by atoms with Crippen LogP contribution in [-0.2, 0) is 16.6 Å². The monoisotopic (exact) mass is 525 g/mol. The van der Waals surface area contributed by atoms with Gasteiger partial charge in [-0.3, -0.25) is 19.7 Å². The summed E-state index contributed by atoms with van der Waals surface area (Å²) in [5.41, 5.74) is 3.10. The van der Waals surface area contributed by atoms with Crippen molar-refractivity contribution in [1.82, 2.24) is 15.4 Å². The number of carbonyl (C=O) groups excluding carboxylic acids is 1. The van der Waals surface area contributed by atoms with Crippen molar-refractivity contribution in [1.29, 1.82) is 0 Å². The molecule has 0 aliphatic carbocycles. The number of amidine groups is 1. The molecule has 0 atom stereocenters. The predicted octanol–water partition coefficient (Wildman–Crippen LogP) is 3.37. The van der Waals surface area contributed by atoms with Gasteiger partial charge in [0.05, 0.1) is 12.8 Å². The third-order valence-corrected chi connectivity index (χ3v) is 5.56. The lowest BCUT2D eigenvalue weighted by molar-refractivity contribution is 0.0706. The minimum Gasteiger partial charge on any atom is -0.310 e. The molecule has 37 heavy (non-hydrogen) atoms. The number of carbonyl (C=O) groups is 1. The Hall–Kier alpha value is -4.49. The summed E-state index contributed by atoms with van der Waals surface area (Å²) in [5, 5.41) is 8.80. The Balaban J connectivity index is 1.98. The number of anilines is 2. The zero-order valence-corrected chi connectivity index (χ0v) is 20.8. The van der Waals surface area contributed by atoms with Gasteiger partial charge in [0.1, 0.15) is 23.3 Å². The molecule has 2 aromatic heterocycles. The van der Waals surface area contributed by atoms with E-state index in [4.69, 9.17) is 5.21 Å². The molecule has 0 bridgehead atoms. The maximum atomic E-state index is 14.8. The second-order valence-electron chi connectivity index (χ2n) is 7.70. The molecule has 1 amide bonds. The number of hydrogen-bond acceptors (Lipinski definition) is 8. The molecule has 11 nitrogen and oxygen atoms in total. The first-order chi connectivity index (χ1) is 17.6. The molecule has 2 heterocycles. The first kappa shape index (κ1) is 27.1. The van der Waals surface area contributed by atoms with E-state index in [1.807, 2.05) is 0 Å². The van der Waals surface area contributed by atoms with E-state index in [1.165, 1.54) is 42.3 Å². The van der Waals surface area contributed by atoms with Crippen molar-refractivity contribution in [3.63, 3.8) is 0 Å². The highest BCUT2D eigenvalue weighted by Crippen LogP contribution is 2.25. The van der Waals surface area contributed by atoms with Crippen LogP contribution in [0.15, 0.2) is 77.2 Å². The molecule has 3 aromatic rings. The Morgan fingerprint density at radius 3 is 2.57 bits per heavy atom. The third-order valence-electron chi connectivity index (χ3n) is 4.98. The van der Waals surface area contributed by atoms with Gasteiger partial charge in [-0.25, -0.2) is 33.2 Å². The van der Waals surface area contributed by atoms with Crippen LogP contribution in [0.5, 0.6) is 0 Å². The van der Waals surface area contributed by atoms with Gasteiger partial charge in [-0.1, -0.05) is 6.07 Å². The predicted molar refractivity (Wildman–Crippen MR) is 140 cm³/mol. The Bertz CT molecular complexity index is 1460. The van der Waals surface area contributed by atoms with Crippen LogP contribution < -0.4 is 15.1 Å². The fraction of sp³-hybridized carbons (Fsp3) is 0.125. The number of nitrogens with zero attached hydrogens (tertiary/aromatic N) is 5. The fourth-order valence-corrected chi connectivity index (χ4v) is 3.73. The third kappa shape index (κ3) is 7.49. The number of rotatable bonds is 9. The van der Waals surface area contributed by atoms with Crippen LogP contribution in [0.4, 0.5) is 16.0 Å². The number of benzene rings is 1. The minimum atomic E-state index is -3.46. The van der Waals surface area contributed by atoms with E-state index in [0.717, 1.165) is 17.9 Å². The number of sulfonamides is 1. The summed E-state index contributed by atoms with van der Waals surface area (Å²) < 4.78 is 40.0. The van der Waals surface area contributed by atoms with Crippen LogP contribution in [-0.4, -0.2) is 48.3 Å². The van der Waals surface area contributed by atoms with E-state index in [2.05, 4.69) is 31.4 Å². The van der Waals surface area contributed by atoms with Crippen molar-refractivity contribution in [3.8, 4) is 11.1 Å². The lowest BCUT2D eigenvalue weighted by Gasteiger charge is -2.24. The number of amides is 1. The zero-order chi connectivity index (χ0) is 27.0.